The van der Waals surface area contributed by atoms with Crippen LogP contribution in [0.5, 0.6) is 0 Å². The minimum absolute atomic E-state index is 0.125. The third-order valence-corrected chi connectivity index (χ3v) is 11.0. The van der Waals surface area contributed by atoms with E-state index < -0.39 is 0 Å². The molecule has 2 heterocycles. The van der Waals surface area contributed by atoms with Gasteiger partial charge in [-0.15, -0.1) is 0 Å². The summed E-state index contributed by atoms with van der Waals surface area (Å²) >= 11 is 0. The largest absolute Gasteiger partial charge is 0.326 e. The van der Waals surface area contributed by atoms with Gasteiger partial charge in [-0.3, -0.25) is 9.56 Å². The summed E-state index contributed by atoms with van der Waals surface area (Å²) in [6, 6.07) is 24.2. The van der Waals surface area contributed by atoms with E-state index in [2.05, 4.69) is 150 Å². The maximum absolute atomic E-state index is 5.39. The number of hydrogen-bond acceptors (Lipinski definition) is 2. The fourth-order valence-corrected chi connectivity index (χ4v) is 8.67. The van der Waals surface area contributed by atoms with Gasteiger partial charge in [-0.1, -0.05) is 116 Å². The Hall–Kier alpha value is -5.41. The summed E-state index contributed by atoms with van der Waals surface area (Å²) in [4.78, 5) is 5.39. The zero-order valence-corrected chi connectivity index (χ0v) is 27.2. The van der Waals surface area contributed by atoms with E-state index in [1.165, 1.54) is 60.4 Å². The number of nitrogens with zero attached hydrogens (tertiary/aromatic N) is 2. The van der Waals surface area contributed by atoms with Crippen LogP contribution >= 0.6 is 0 Å². The molecule has 1 aromatic heterocycles. The average molecular weight is 620 g/mol. The first-order valence-corrected chi connectivity index (χ1v) is 17.5. The normalized spacial score (nSPS) is 22.5. The summed E-state index contributed by atoms with van der Waals surface area (Å²) in [5.41, 5.74) is 12.0. The molecule has 0 fully saturated rings. The Kier molecular flexibility index (Phi) is 6.24. The third-order valence-electron chi connectivity index (χ3n) is 11.0. The van der Waals surface area contributed by atoms with Gasteiger partial charge in [0.25, 0.3) is 0 Å². The molecule has 1 aliphatic heterocycles. The molecule has 1 N–H and O–H groups in total. The molecular weight excluding hydrogens is 583 g/mol. The van der Waals surface area contributed by atoms with E-state index in [0.717, 1.165) is 42.9 Å². The smallest absolute Gasteiger partial charge is 0.134 e. The van der Waals surface area contributed by atoms with Crippen LogP contribution < -0.4 is 5.32 Å². The Morgan fingerprint density at radius 3 is 2.40 bits per heavy atom. The van der Waals surface area contributed by atoms with Crippen molar-refractivity contribution in [3.63, 3.8) is 0 Å². The number of nitrogens with one attached hydrogen (secondary N) is 1. The molecule has 0 amide bonds. The molecule has 0 radical (unpaired) electrons. The number of aliphatic imine (C=N–C) groups is 1. The standard InChI is InChI=1S/C45H37N3/c1-28-12-11-17-32-24-33(22-23-34(28)32)45-46-40(29-13-3-2-4-14-29)27-42(47-45)48-41-26-31-16-6-5-15-30(31)25-39(41)43-37-20-9-7-18-35(37)36-19-8-10-21-38(36)44(43)48/h2-6,9-17,20-28,34,40H,7-8,18-19H2,1H3,(H,46,47). The van der Waals surface area contributed by atoms with Crippen LogP contribution in [0.15, 0.2) is 138 Å². The van der Waals surface area contributed by atoms with Gasteiger partial charge < -0.3 is 5.32 Å². The summed E-state index contributed by atoms with van der Waals surface area (Å²) in [5.74, 6) is 2.87. The van der Waals surface area contributed by atoms with Crippen LogP contribution in [0.2, 0.25) is 0 Å². The molecule has 10 rings (SSSR count). The monoisotopic (exact) mass is 619 g/mol. The van der Waals surface area contributed by atoms with E-state index in [1.54, 1.807) is 5.56 Å². The Bertz CT molecular complexity index is 2440. The van der Waals surface area contributed by atoms with Crippen LogP contribution in [0.4, 0.5) is 0 Å². The van der Waals surface area contributed by atoms with Gasteiger partial charge in [0.05, 0.1) is 17.1 Å². The molecule has 3 atom stereocenters. The molecule has 0 spiro atoms. The SMILES string of the molecule is CC1C=CC=C2C=C(C3=NC(c4ccccc4)C=C(n4c5cc6ccccc6cc5c5c6c(c7c(c54)C=CCC7)CCC=C6)N3)C=CC21. The predicted molar refractivity (Wildman–Crippen MR) is 203 cm³/mol. The second kappa shape index (κ2) is 10.8. The summed E-state index contributed by atoms with van der Waals surface area (Å²) in [7, 11) is 0. The van der Waals surface area contributed by atoms with E-state index in [1.807, 2.05) is 0 Å². The molecule has 48 heavy (non-hydrogen) atoms. The number of fused-ring (bicyclic) bond motifs is 10. The maximum Gasteiger partial charge on any atom is 0.134 e. The lowest BCUT2D eigenvalue weighted by Crippen LogP contribution is -2.31. The first kappa shape index (κ1) is 27.7. The summed E-state index contributed by atoms with van der Waals surface area (Å²) in [5, 5.41) is 9.12. The van der Waals surface area contributed by atoms with Crippen molar-refractivity contribution in [3.8, 4) is 0 Å². The first-order chi connectivity index (χ1) is 23.7. The van der Waals surface area contributed by atoms with Gasteiger partial charge in [-0.25, -0.2) is 0 Å². The van der Waals surface area contributed by atoms with Crippen molar-refractivity contribution in [1.29, 1.82) is 0 Å². The van der Waals surface area contributed by atoms with Gasteiger partial charge >= 0.3 is 0 Å². The van der Waals surface area contributed by atoms with E-state index in [9.17, 15) is 0 Å². The molecule has 3 unspecified atom stereocenters. The highest BCUT2D eigenvalue weighted by Crippen LogP contribution is 2.45. The quantitative estimate of drug-likeness (QED) is 0.214. The van der Waals surface area contributed by atoms with Crippen molar-refractivity contribution in [2.24, 2.45) is 16.8 Å². The van der Waals surface area contributed by atoms with Crippen LogP contribution in [0, 0.1) is 11.8 Å². The highest BCUT2D eigenvalue weighted by atomic mass is 15.2. The summed E-state index contributed by atoms with van der Waals surface area (Å²) in [6.45, 7) is 2.30. The van der Waals surface area contributed by atoms with Gasteiger partial charge in [0, 0.05) is 27.8 Å². The van der Waals surface area contributed by atoms with Crippen molar-refractivity contribution in [3.05, 3.63) is 160 Å². The zero-order valence-electron chi connectivity index (χ0n) is 27.2. The van der Waals surface area contributed by atoms with Crippen molar-refractivity contribution >= 4 is 56.4 Å². The highest BCUT2D eigenvalue weighted by molar-refractivity contribution is 6.20. The van der Waals surface area contributed by atoms with Gasteiger partial charge in [-0.05, 0) is 94.5 Å². The van der Waals surface area contributed by atoms with Crippen LogP contribution in [-0.4, -0.2) is 10.4 Å². The lowest BCUT2D eigenvalue weighted by atomic mass is 9.79. The van der Waals surface area contributed by atoms with Gasteiger partial charge in [0.15, 0.2) is 0 Å². The second-order valence-electron chi connectivity index (χ2n) is 13.8. The molecule has 0 bridgehead atoms. The van der Waals surface area contributed by atoms with Crippen LogP contribution in [-0.2, 0) is 12.8 Å². The molecule has 5 aliphatic rings. The lowest BCUT2D eigenvalue weighted by molar-refractivity contribution is 0.582. The summed E-state index contributed by atoms with van der Waals surface area (Å²) < 4.78 is 2.53. The number of allylic oxidation sites excluding steroid dienone is 8. The van der Waals surface area contributed by atoms with E-state index in [0.29, 0.717) is 11.8 Å². The lowest BCUT2D eigenvalue weighted by Gasteiger charge is -2.29. The molecule has 3 heteroatoms. The zero-order chi connectivity index (χ0) is 31.8. The summed E-state index contributed by atoms with van der Waals surface area (Å²) in [6.07, 6.45) is 30.0. The van der Waals surface area contributed by atoms with Crippen LogP contribution in [0.1, 0.15) is 53.6 Å². The predicted octanol–water partition coefficient (Wildman–Crippen LogP) is 10.7. The molecular formula is C45H37N3. The van der Waals surface area contributed by atoms with Crippen molar-refractivity contribution in [2.75, 3.05) is 0 Å². The highest BCUT2D eigenvalue weighted by Gasteiger charge is 2.30. The van der Waals surface area contributed by atoms with Gasteiger partial charge in [-0.2, -0.15) is 0 Å². The second-order valence-corrected chi connectivity index (χ2v) is 13.8. The number of rotatable bonds is 3. The first-order valence-electron chi connectivity index (χ1n) is 17.5. The number of aromatic nitrogens is 1. The number of benzene rings is 4. The van der Waals surface area contributed by atoms with Crippen LogP contribution in [0.25, 0.3) is 50.6 Å². The number of hydrogen-bond donors (Lipinski definition) is 1. The van der Waals surface area contributed by atoms with E-state index >= 15 is 0 Å². The number of amidine groups is 1. The maximum atomic E-state index is 5.39. The van der Waals surface area contributed by atoms with Crippen molar-refractivity contribution in [2.45, 2.75) is 38.6 Å². The Morgan fingerprint density at radius 2 is 1.56 bits per heavy atom. The molecule has 0 saturated heterocycles. The molecule has 232 valence electrons. The van der Waals surface area contributed by atoms with Crippen molar-refractivity contribution in [1.82, 2.24) is 9.88 Å². The Balaban J connectivity index is 1.26. The minimum atomic E-state index is -0.125. The molecule has 4 aromatic carbocycles. The fraction of sp³-hybridized carbons (Fsp3) is 0.178. The topological polar surface area (TPSA) is 29.3 Å². The molecule has 3 nitrogen and oxygen atoms in total. The minimum Gasteiger partial charge on any atom is -0.326 e. The molecule has 0 saturated carbocycles. The van der Waals surface area contributed by atoms with Gasteiger partial charge in [0.2, 0.25) is 0 Å². The van der Waals surface area contributed by atoms with Crippen LogP contribution in [0.3, 0.4) is 0 Å². The third kappa shape index (κ3) is 4.23. The molecule has 4 aliphatic carbocycles. The Labute approximate surface area is 281 Å². The Morgan fingerprint density at radius 1 is 0.812 bits per heavy atom. The van der Waals surface area contributed by atoms with E-state index in [4.69, 9.17) is 4.99 Å². The van der Waals surface area contributed by atoms with E-state index in [-0.39, 0.29) is 6.04 Å². The van der Waals surface area contributed by atoms with Crippen molar-refractivity contribution < 1.29 is 0 Å². The average Bonchev–Trinajstić information content (AvgIpc) is 3.48. The molecule has 5 aromatic rings. The van der Waals surface area contributed by atoms with Gasteiger partial charge in [0.1, 0.15) is 11.7 Å². The fourth-order valence-electron chi connectivity index (χ4n) is 8.67.